The highest BCUT2D eigenvalue weighted by atomic mass is 35.5. The Morgan fingerprint density at radius 3 is 2.42 bits per heavy atom. The summed E-state index contributed by atoms with van der Waals surface area (Å²) >= 11 is 11.4. The van der Waals surface area contributed by atoms with Crippen LogP contribution >= 0.6 is 23.8 Å². The van der Waals surface area contributed by atoms with E-state index < -0.39 is 0 Å². The zero-order valence-corrected chi connectivity index (χ0v) is 16.5. The topological polar surface area (TPSA) is 59.6 Å². The summed E-state index contributed by atoms with van der Waals surface area (Å²) in [5.41, 5.74) is 2.81. The van der Waals surface area contributed by atoms with Gasteiger partial charge in [0.15, 0.2) is 16.6 Å². The van der Waals surface area contributed by atoms with Gasteiger partial charge in [0.25, 0.3) is 0 Å². The normalized spacial score (nSPS) is 10.2. The van der Waals surface area contributed by atoms with Crippen molar-refractivity contribution in [3.05, 3.63) is 58.1 Å². The summed E-state index contributed by atoms with van der Waals surface area (Å²) in [7, 11) is 3.10. The molecule has 0 saturated heterocycles. The molecule has 2 rings (SSSR count). The second-order valence-corrected chi connectivity index (χ2v) is 6.45. The van der Waals surface area contributed by atoms with E-state index in [9.17, 15) is 4.79 Å². The van der Waals surface area contributed by atoms with Gasteiger partial charge in [-0.3, -0.25) is 4.79 Å². The lowest BCUT2D eigenvalue weighted by Gasteiger charge is -2.14. The van der Waals surface area contributed by atoms with Crippen LogP contribution in [-0.4, -0.2) is 25.2 Å². The number of hydrogen-bond donors (Lipinski definition) is 2. The minimum atomic E-state index is -0.171. The van der Waals surface area contributed by atoms with Gasteiger partial charge < -0.3 is 20.1 Å². The molecular formula is C19H21ClN2O3S. The molecule has 0 aliphatic rings. The van der Waals surface area contributed by atoms with Crippen molar-refractivity contribution in [3.63, 3.8) is 0 Å². The van der Waals surface area contributed by atoms with E-state index in [0.29, 0.717) is 23.1 Å². The van der Waals surface area contributed by atoms with Crippen molar-refractivity contribution >= 4 is 34.8 Å². The van der Waals surface area contributed by atoms with Crippen LogP contribution < -0.4 is 20.1 Å². The number of carbonyl (C=O) groups excluding carboxylic acids is 1. The second-order valence-electron chi connectivity index (χ2n) is 5.63. The van der Waals surface area contributed by atoms with Gasteiger partial charge in [-0.15, -0.1) is 0 Å². The molecule has 0 aliphatic heterocycles. The Labute approximate surface area is 163 Å². The van der Waals surface area contributed by atoms with Gasteiger partial charge in [0, 0.05) is 17.6 Å². The van der Waals surface area contributed by atoms with Gasteiger partial charge in [0.1, 0.15) is 0 Å². The lowest BCUT2D eigenvalue weighted by molar-refractivity contribution is -0.119. The van der Waals surface area contributed by atoms with Crippen LogP contribution in [-0.2, 0) is 17.8 Å². The molecule has 138 valence electrons. The third kappa shape index (κ3) is 5.34. The minimum absolute atomic E-state index is 0.171. The van der Waals surface area contributed by atoms with Gasteiger partial charge in [-0.2, -0.15) is 0 Å². The van der Waals surface area contributed by atoms with Crippen LogP contribution in [0.2, 0.25) is 5.02 Å². The van der Waals surface area contributed by atoms with Crippen LogP contribution in [0.5, 0.6) is 11.5 Å². The largest absolute Gasteiger partial charge is 0.493 e. The van der Waals surface area contributed by atoms with Crippen molar-refractivity contribution in [2.45, 2.75) is 19.9 Å². The van der Waals surface area contributed by atoms with Crippen molar-refractivity contribution in [1.29, 1.82) is 0 Å². The monoisotopic (exact) mass is 392 g/mol. The summed E-state index contributed by atoms with van der Waals surface area (Å²) in [6.07, 6.45) is 0.269. The van der Waals surface area contributed by atoms with Crippen LogP contribution in [0.25, 0.3) is 0 Å². The minimum Gasteiger partial charge on any atom is -0.493 e. The van der Waals surface area contributed by atoms with Crippen molar-refractivity contribution in [1.82, 2.24) is 10.6 Å². The summed E-state index contributed by atoms with van der Waals surface area (Å²) in [6, 6.07) is 11.2. The molecule has 2 N–H and O–H groups in total. The third-order valence-corrected chi connectivity index (χ3v) is 4.46. The first kappa shape index (κ1) is 20.0. The lowest BCUT2D eigenvalue weighted by Crippen LogP contribution is -2.39. The predicted octanol–water partition coefficient (Wildman–Crippen LogP) is 3.40. The highest BCUT2D eigenvalue weighted by molar-refractivity contribution is 7.80. The van der Waals surface area contributed by atoms with Crippen molar-refractivity contribution < 1.29 is 14.3 Å². The van der Waals surface area contributed by atoms with Crippen LogP contribution in [0, 0.1) is 6.92 Å². The Balaban J connectivity index is 1.92. The number of nitrogens with one attached hydrogen (secondary N) is 2. The first-order valence-electron chi connectivity index (χ1n) is 7.97. The smallest absolute Gasteiger partial charge is 0.230 e. The van der Waals surface area contributed by atoms with Crippen molar-refractivity contribution in [2.75, 3.05) is 14.2 Å². The molecule has 26 heavy (non-hydrogen) atoms. The Morgan fingerprint density at radius 2 is 1.77 bits per heavy atom. The summed E-state index contributed by atoms with van der Waals surface area (Å²) in [5, 5.41) is 6.42. The van der Waals surface area contributed by atoms with Crippen LogP contribution in [0.15, 0.2) is 36.4 Å². The maximum atomic E-state index is 12.1. The molecule has 0 spiro atoms. The Bertz CT molecular complexity index is 811. The van der Waals surface area contributed by atoms with Gasteiger partial charge >= 0.3 is 0 Å². The van der Waals surface area contributed by atoms with E-state index >= 15 is 0 Å². The van der Waals surface area contributed by atoms with E-state index in [1.165, 1.54) is 0 Å². The van der Waals surface area contributed by atoms with E-state index in [1.54, 1.807) is 26.4 Å². The summed E-state index contributed by atoms with van der Waals surface area (Å²) < 4.78 is 10.5. The fourth-order valence-corrected chi connectivity index (χ4v) is 2.81. The van der Waals surface area contributed by atoms with Gasteiger partial charge in [-0.1, -0.05) is 35.9 Å². The van der Waals surface area contributed by atoms with Crippen molar-refractivity contribution in [2.24, 2.45) is 0 Å². The number of rotatable bonds is 6. The van der Waals surface area contributed by atoms with Crippen LogP contribution in [0.1, 0.15) is 16.7 Å². The van der Waals surface area contributed by atoms with Gasteiger partial charge in [0.2, 0.25) is 5.91 Å². The highest BCUT2D eigenvalue weighted by Crippen LogP contribution is 2.32. The van der Waals surface area contributed by atoms with Crippen molar-refractivity contribution in [3.8, 4) is 11.5 Å². The number of aryl methyl sites for hydroxylation is 1. The van der Waals surface area contributed by atoms with E-state index in [2.05, 4.69) is 10.6 Å². The molecule has 0 aliphatic carbocycles. The van der Waals surface area contributed by atoms with Crippen LogP contribution in [0.4, 0.5) is 0 Å². The molecule has 0 unspecified atom stereocenters. The van der Waals surface area contributed by atoms with Crippen LogP contribution in [0.3, 0.4) is 0 Å². The Hall–Kier alpha value is -2.31. The number of ether oxygens (including phenoxy) is 2. The SMILES string of the molecule is COc1cc(Cl)c(CNC(=S)NC(=O)Cc2ccccc2C)cc1OC. The number of amides is 1. The van der Waals surface area contributed by atoms with E-state index in [-0.39, 0.29) is 17.4 Å². The lowest BCUT2D eigenvalue weighted by atomic mass is 10.1. The summed E-state index contributed by atoms with van der Waals surface area (Å²) in [5.74, 6) is 0.953. The summed E-state index contributed by atoms with van der Waals surface area (Å²) in [4.78, 5) is 12.1. The number of carbonyl (C=O) groups is 1. The molecule has 0 fully saturated rings. The standard InChI is InChI=1S/C19H21ClN2O3S/c1-12-6-4-5-7-13(12)9-18(23)22-19(26)21-11-14-8-16(24-2)17(25-3)10-15(14)20/h4-8,10H,9,11H2,1-3H3,(H2,21,22,23,26). The molecule has 0 aromatic heterocycles. The fourth-order valence-electron chi connectivity index (χ4n) is 2.40. The second kappa shape index (κ2) is 9.40. The van der Waals surface area contributed by atoms with Gasteiger partial charge in [-0.25, -0.2) is 0 Å². The number of methoxy groups -OCH3 is 2. The average molecular weight is 393 g/mol. The highest BCUT2D eigenvalue weighted by Gasteiger charge is 2.11. The fraction of sp³-hybridized carbons (Fsp3) is 0.263. The molecule has 0 radical (unpaired) electrons. The molecule has 7 heteroatoms. The number of hydrogen-bond acceptors (Lipinski definition) is 4. The van der Waals surface area contributed by atoms with E-state index in [1.807, 2.05) is 31.2 Å². The Morgan fingerprint density at radius 1 is 1.12 bits per heavy atom. The molecule has 0 atom stereocenters. The van der Waals surface area contributed by atoms with Gasteiger partial charge in [0.05, 0.1) is 20.6 Å². The molecule has 5 nitrogen and oxygen atoms in total. The zero-order valence-electron chi connectivity index (χ0n) is 14.9. The first-order chi connectivity index (χ1) is 12.4. The Kier molecular flexibility index (Phi) is 7.24. The number of halogens is 1. The maximum Gasteiger partial charge on any atom is 0.230 e. The van der Waals surface area contributed by atoms with E-state index in [0.717, 1.165) is 16.7 Å². The molecule has 2 aromatic carbocycles. The van der Waals surface area contributed by atoms with Gasteiger partial charge in [-0.05, 0) is 41.9 Å². The molecule has 0 bridgehead atoms. The quantitative estimate of drug-likeness (QED) is 0.738. The number of thiocarbonyl (C=S) groups is 1. The zero-order chi connectivity index (χ0) is 19.1. The average Bonchev–Trinajstić information content (AvgIpc) is 2.62. The van der Waals surface area contributed by atoms with E-state index in [4.69, 9.17) is 33.3 Å². The first-order valence-corrected chi connectivity index (χ1v) is 8.75. The molecule has 0 heterocycles. The third-order valence-electron chi connectivity index (χ3n) is 3.86. The molecule has 0 saturated carbocycles. The molecule has 2 aromatic rings. The number of benzene rings is 2. The molecule has 1 amide bonds. The maximum absolute atomic E-state index is 12.1. The molecular weight excluding hydrogens is 372 g/mol. The predicted molar refractivity (Wildman–Crippen MR) is 107 cm³/mol. The summed E-state index contributed by atoms with van der Waals surface area (Å²) in [6.45, 7) is 2.32.